The third-order valence-electron chi connectivity index (χ3n) is 7.28. The highest BCUT2D eigenvalue weighted by Crippen LogP contribution is 2.37. The van der Waals surface area contributed by atoms with Gasteiger partial charge in [0, 0.05) is 30.3 Å². The minimum Gasteiger partial charge on any atom is -0.335 e. The quantitative estimate of drug-likeness (QED) is 0.341. The van der Waals surface area contributed by atoms with E-state index >= 15 is 0 Å². The van der Waals surface area contributed by atoms with E-state index in [-0.39, 0.29) is 42.0 Å². The highest BCUT2D eigenvalue weighted by atomic mass is 16.2. The number of nitrogens with zero attached hydrogens (tertiary/aromatic N) is 2. The molecule has 4 amide bonds. The Hall–Kier alpha value is -3.73. The average Bonchev–Trinajstić information content (AvgIpc) is 3.41. The number of benzene rings is 2. The number of hydrogen-bond donors (Lipinski definition) is 5. The summed E-state index contributed by atoms with van der Waals surface area (Å²) in [4.78, 5) is 41.9. The van der Waals surface area contributed by atoms with Crippen LogP contribution in [0.25, 0.3) is 0 Å². The van der Waals surface area contributed by atoms with Crippen molar-refractivity contribution in [3.05, 3.63) is 78.4 Å². The van der Waals surface area contributed by atoms with E-state index in [0.717, 1.165) is 5.56 Å². The molecule has 0 bridgehead atoms. The number of rotatable bonds is 8. The second-order valence-corrected chi connectivity index (χ2v) is 10.6. The summed E-state index contributed by atoms with van der Waals surface area (Å²) in [5, 5.41) is 8.94. The van der Waals surface area contributed by atoms with Crippen molar-refractivity contribution in [3.8, 4) is 0 Å². The number of anilines is 1. The van der Waals surface area contributed by atoms with Gasteiger partial charge in [-0.3, -0.25) is 15.0 Å². The van der Waals surface area contributed by atoms with Crippen LogP contribution in [-0.2, 0) is 4.79 Å². The zero-order valence-electron chi connectivity index (χ0n) is 22.3. The van der Waals surface area contributed by atoms with Gasteiger partial charge < -0.3 is 25.8 Å². The third-order valence-corrected chi connectivity index (χ3v) is 7.28. The number of hydrogen-bond acceptors (Lipinski definition) is 6. The molecule has 2 aliphatic heterocycles. The van der Waals surface area contributed by atoms with Gasteiger partial charge in [-0.05, 0) is 63.8 Å². The summed E-state index contributed by atoms with van der Waals surface area (Å²) in [6.07, 6.45) is 0.823. The van der Waals surface area contributed by atoms with Gasteiger partial charge in [0.05, 0.1) is 23.8 Å². The Morgan fingerprint density at radius 3 is 2.42 bits per heavy atom. The lowest BCUT2D eigenvalue weighted by atomic mass is 9.90. The van der Waals surface area contributed by atoms with Crippen LogP contribution in [0.5, 0.6) is 0 Å². The summed E-state index contributed by atoms with van der Waals surface area (Å²) in [6.45, 7) is 8.66. The van der Waals surface area contributed by atoms with E-state index in [1.54, 1.807) is 24.3 Å². The van der Waals surface area contributed by atoms with Gasteiger partial charge in [-0.15, -0.1) is 0 Å². The number of fused-ring (bicyclic) bond motifs is 1. The van der Waals surface area contributed by atoms with Crippen LogP contribution in [0.4, 0.5) is 10.5 Å². The van der Waals surface area contributed by atoms with Crippen LogP contribution >= 0.6 is 0 Å². The Morgan fingerprint density at radius 2 is 1.79 bits per heavy atom. The van der Waals surface area contributed by atoms with Gasteiger partial charge in [0.1, 0.15) is 0 Å². The van der Waals surface area contributed by atoms with Gasteiger partial charge in [0.25, 0.3) is 5.91 Å². The molecule has 0 aliphatic carbocycles. The van der Waals surface area contributed by atoms with E-state index in [1.165, 1.54) is 6.08 Å². The summed E-state index contributed by atoms with van der Waals surface area (Å²) in [6, 6.07) is 16.3. The van der Waals surface area contributed by atoms with E-state index in [4.69, 9.17) is 0 Å². The van der Waals surface area contributed by atoms with Gasteiger partial charge in [0.15, 0.2) is 0 Å². The first-order valence-electron chi connectivity index (χ1n) is 12.7. The molecule has 2 aliphatic rings. The molecule has 4 rings (SSSR count). The fraction of sp³-hybridized carbons (Fsp3) is 0.393. The molecule has 0 spiro atoms. The third kappa shape index (κ3) is 5.88. The van der Waals surface area contributed by atoms with Crippen molar-refractivity contribution >= 4 is 23.5 Å². The lowest BCUT2D eigenvalue weighted by Crippen LogP contribution is -2.57. The van der Waals surface area contributed by atoms with Crippen LogP contribution in [-0.4, -0.2) is 72.6 Å². The Bertz CT molecular complexity index is 1170. The number of amides is 4. The molecule has 2 aromatic rings. The molecule has 202 valence electrons. The SMILES string of the molecule is C=CC(=O)Nc1ccc(C(=O)NC2NNC3C2CN(C(=O)N[C@H](CN(C)C)c2ccccc2)C3(C)C)cc1. The predicted molar refractivity (Wildman–Crippen MR) is 147 cm³/mol. The fourth-order valence-electron chi connectivity index (χ4n) is 5.23. The molecule has 0 saturated carbocycles. The molecule has 2 saturated heterocycles. The molecule has 10 heteroatoms. The second kappa shape index (κ2) is 11.3. The normalized spacial score (nSPS) is 22.4. The zero-order valence-corrected chi connectivity index (χ0v) is 22.3. The number of likely N-dealkylation sites (N-methyl/N-ethyl adjacent to an activating group) is 1. The Morgan fingerprint density at radius 1 is 1.11 bits per heavy atom. The number of nitrogens with one attached hydrogen (secondary N) is 5. The van der Waals surface area contributed by atoms with Crippen LogP contribution in [0, 0.1) is 5.92 Å². The Labute approximate surface area is 223 Å². The smallest absolute Gasteiger partial charge is 0.318 e. The molecule has 4 atom stereocenters. The molecule has 38 heavy (non-hydrogen) atoms. The number of likely N-dealkylation sites (tertiary alicyclic amines) is 1. The predicted octanol–water partition coefficient (Wildman–Crippen LogP) is 2.07. The largest absolute Gasteiger partial charge is 0.335 e. The zero-order chi connectivity index (χ0) is 27.4. The Balaban J connectivity index is 1.42. The fourth-order valence-corrected chi connectivity index (χ4v) is 5.23. The van der Waals surface area contributed by atoms with Crippen molar-refractivity contribution in [1.29, 1.82) is 0 Å². The first kappa shape index (κ1) is 27.3. The molecule has 2 heterocycles. The number of hydrazine groups is 1. The molecule has 0 radical (unpaired) electrons. The van der Waals surface area contributed by atoms with Crippen molar-refractivity contribution in [1.82, 2.24) is 31.3 Å². The van der Waals surface area contributed by atoms with Gasteiger partial charge in [-0.2, -0.15) is 0 Å². The van der Waals surface area contributed by atoms with E-state index in [1.807, 2.05) is 63.2 Å². The van der Waals surface area contributed by atoms with E-state index < -0.39 is 5.54 Å². The van der Waals surface area contributed by atoms with Crippen LogP contribution in [0.1, 0.15) is 35.8 Å². The maximum atomic E-state index is 13.6. The standard InChI is InChI=1S/C28H37N7O3/c1-6-23(36)29-20-14-12-19(13-15-20)26(37)31-25-21-16-35(28(2,3)24(21)32-33-25)27(38)30-22(17-34(4)5)18-10-8-7-9-11-18/h6-15,21-22,24-25,32-33H,1,16-17H2,2-5H3,(H,29,36)(H,30,38)(H,31,37)/t21?,22-,24?,25?/m1/s1. The average molecular weight is 520 g/mol. The van der Waals surface area contributed by atoms with Gasteiger partial charge in [-0.1, -0.05) is 36.9 Å². The Kier molecular flexibility index (Phi) is 8.15. The van der Waals surface area contributed by atoms with Crippen LogP contribution in [0.3, 0.4) is 0 Å². The van der Waals surface area contributed by atoms with E-state index in [9.17, 15) is 14.4 Å². The highest BCUT2D eigenvalue weighted by Gasteiger charge is 2.55. The lowest BCUT2D eigenvalue weighted by molar-refractivity contribution is -0.111. The highest BCUT2D eigenvalue weighted by molar-refractivity contribution is 5.99. The van der Waals surface area contributed by atoms with Crippen molar-refractivity contribution in [2.45, 2.75) is 37.6 Å². The lowest BCUT2D eigenvalue weighted by Gasteiger charge is -2.37. The molecule has 2 fully saturated rings. The second-order valence-electron chi connectivity index (χ2n) is 10.6. The van der Waals surface area contributed by atoms with E-state index in [0.29, 0.717) is 24.3 Å². The van der Waals surface area contributed by atoms with Gasteiger partial charge >= 0.3 is 6.03 Å². The molecule has 10 nitrogen and oxygen atoms in total. The van der Waals surface area contributed by atoms with Gasteiger partial charge in [0.2, 0.25) is 5.91 Å². The van der Waals surface area contributed by atoms with Crippen molar-refractivity contribution in [2.75, 3.05) is 32.5 Å². The van der Waals surface area contributed by atoms with E-state index in [2.05, 4.69) is 38.3 Å². The molecular weight excluding hydrogens is 482 g/mol. The van der Waals surface area contributed by atoms with Crippen molar-refractivity contribution in [2.24, 2.45) is 5.92 Å². The monoisotopic (exact) mass is 519 g/mol. The van der Waals surface area contributed by atoms with Crippen molar-refractivity contribution in [3.63, 3.8) is 0 Å². The van der Waals surface area contributed by atoms with Crippen LogP contribution in [0.15, 0.2) is 67.3 Å². The van der Waals surface area contributed by atoms with Crippen LogP contribution in [0.2, 0.25) is 0 Å². The molecule has 5 N–H and O–H groups in total. The van der Waals surface area contributed by atoms with Crippen LogP contribution < -0.4 is 26.8 Å². The summed E-state index contributed by atoms with van der Waals surface area (Å²) in [5.41, 5.74) is 8.10. The number of carbonyl (C=O) groups excluding carboxylic acids is 3. The summed E-state index contributed by atoms with van der Waals surface area (Å²) in [7, 11) is 3.97. The summed E-state index contributed by atoms with van der Waals surface area (Å²) >= 11 is 0. The van der Waals surface area contributed by atoms with Gasteiger partial charge in [-0.25, -0.2) is 10.2 Å². The molecule has 0 aromatic heterocycles. The maximum Gasteiger partial charge on any atom is 0.318 e. The maximum absolute atomic E-state index is 13.6. The molecule has 3 unspecified atom stereocenters. The molecular formula is C28H37N7O3. The first-order chi connectivity index (χ1) is 18.1. The number of urea groups is 1. The summed E-state index contributed by atoms with van der Waals surface area (Å²) in [5.74, 6) is -0.596. The first-order valence-corrected chi connectivity index (χ1v) is 12.7. The van der Waals surface area contributed by atoms with Crippen molar-refractivity contribution < 1.29 is 14.4 Å². The minimum atomic E-state index is -0.494. The topological polar surface area (TPSA) is 118 Å². The summed E-state index contributed by atoms with van der Waals surface area (Å²) < 4.78 is 0. The molecule has 2 aromatic carbocycles. The minimum absolute atomic E-state index is 0.0325. The number of carbonyl (C=O) groups is 3.